The second-order valence-electron chi connectivity index (χ2n) is 8.87. The van der Waals surface area contributed by atoms with E-state index in [1.165, 1.54) is 55.2 Å². The van der Waals surface area contributed by atoms with Crippen LogP contribution in [0, 0.1) is 0 Å². The van der Waals surface area contributed by atoms with Crippen LogP contribution in [0.3, 0.4) is 0 Å². The topological polar surface area (TPSA) is 21.3 Å². The van der Waals surface area contributed by atoms with Crippen LogP contribution in [0.25, 0.3) is 0 Å². The summed E-state index contributed by atoms with van der Waals surface area (Å²) in [6, 6.07) is 0.564. The van der Waals surface area contributed by atoms with Crippen molar-refractivity contribution >= 4 is 0 Å². The van der Waals surface area contributed by atoms with Gasteiger partial charge in [-0.3, -0.25) is 0 Å². The van der Waals surface area contributed by atoms with E-state index in [0.717, 1.165) is 38.0 Å². The first kappa shape index (κ1) is 24.6. The summed E-state index contributed by atoms with van der Waals surface area (Å²) in [5, 5.41) is 3.47. The Hall–Kier alpha value is -1.44. The summed E-state index contributed by atoms with van der Waals surface area (Å²) < 4.78 is 5.95. The third-order valence-corrected chi connectivity index (χ3v) is 5.50. The number of hydrogen-bond acceptors (Lipinski definition) is 2. The maximum absolute atomic E-state index is 5.95. The number of rotatable bonds is 13. The fraction of sp³-hybridized carbons (Fsp3) is 0.692. The fourth-order valence-electron chi connectivity index (χ4n) is 3.71. The number of nitrogens with one attached hydrogen (secondary N) is 1. The largest absolute Gasteiger partial charge is 0.477 e. The molecule has 160 valence electrons. The Labute approximate surface area is 175 Å². The van der Waals surface area contributed by atoms with E-state index in [1.54, 1.807) is 0 Å². The Morgan fingerprint density at radius 1 is 0.929 bits per heavy atom. The van der Waals surface area contributed by atoms with Crippen LogP contribution in [0.1, 0.15) is 105 Å². The van der Waals surface area contributed by atoms with Gasteiger partial charge in [-0.05, 0) is 92.6 Å². The summed E-state index contributed by atoms with van der Waals surface area (Å²) in [6.45, 7) is 15.1. The van der Waals surface area contributed by atoms with Crippen molar-refractivity contribution in [2.24, 2.45) is 0 Å². The van der Waals surface area contributed by atoms with E-state index in [9.17, 15) is 0 Å². The summed E-state index contributed by atoms with van der Waals surface area (Å²) in [6.07, 6.45) is 20.6. The van der Waals surface area contributed by atoms with Crippen LogP contribution in [-0.4, -0.2) is 12.1 Å². The molecule has 0 aromatic rings. The molecule has 1 rings (SSSR count). The molecule has 1 N–H and O–H groups in total. The molecule has 1 aliphatic rings. The predicted octanol–water partition coefficient (Wildman–Crippen LogP) is 7.98. The minimum atomic E-state index is 0.213. The summed E-state index contributed by atoms with van der Waals surface area (Å²) in [5.74, 6) is 0.758. The van der Waals surface area contributed by atoms with Crippen molar-refractivity contribution in [3.63, 3.8) is 0 Å². The highest BCUT2D eigenvalue weighted by Crippen LogP contribution is 2.19. The lowest BCUT2D eigenvalue weighted by Crippen LogP contribution is -2.32. The van der Waals surface area contributed by atoms with E-state index < -0.39 is 0 Å². The highest BCUT2D eigenvalue weighted by molar-refractivity contribution is 5.05. The fourth-order valence-corrected chi connectivity index (χ4v) is 3.71. The number of hydrogen-bond donors (Lipinski definition) is 1. The molecular formula is C26H45NO. The average Bonchev–Trinajstić information content (AvgIpc) is 2.62. The van der Waals surface area contributed by atoms with Gasteiger partial charge in [0.1, 0.15) is 0 Å². The van der Waals surface area contributed by atoms with Gasteiger partial charge < -0.3 is 10.1 Å². The lowest BCUT2D eigenvalue weighted by Gasteiger charge is -2.26. The van der Waals surface area contributed by atoms with Crippen molar-refractivity contribution < 1.29 is 4.74 Å². The van der Waals surface area contributed by atoms with Crippen molar-refractivity contribution in [1.29, 1.82) is 0 Å². The smallest absolute Gasteiger partial charge is 0.179 e. The maximum atomic E-state index is 5.95. The van der Waals surface area contributed by atoms with Crippen LogP contribution in [0.5, 0.6) is 0 Å². The number of ether oxygens (including phenoxy) is 1. The molecule has 0 heterocycles. The Morgan fingerprint density at radius 2 is 1.50 bits per heavy atom. The van der Waals surface area contributed by atoms with Gasteiger partial charge in [0.2, 0.25) is 0 Å². The monoisotopic (exact) mass is 387 g/mol. The van der Waals surface area contributed by atoms with E-state index in [1.807, 2.05) is 0 Å². The van der Waals surface area contributed by atoms with E-state index in [-0.39, 0.29) is 6.10 Å². The van der Waals surface area contributed by atoms with Crippen molar-refractivity contribution in [3.8, 4) is 0 Å². The molecule has 1 fully saturated rings. The lowest BCUT2D eigenvalue weighted by atomic mass is 9.96. The van der Waals surface area contributed by atoms with E-state index in [4.69, 9.17) is 4.74 Å². The molecule has 1 saturated carbocycles. The standard InChI is InChI=1S/C26H45NO/c1-21(2)13-10-14-22(3)15-11-16-23(4)17-12-18-24(5)28-25(6)27-26-19-8-7-9-20-26/h13,15,17,24,26-27H,6-12,14,16,18-20H2,1-5H3/b22-15+,23-17+. The van der Waals surface area contributed by atoms with E-state index >= 15 is 0 Å². The van der Waals surface area contributed by atoms with Crippen LogP contribution in [0.2, 0.25) is 0 Å². The third kappa shape index (κ3) is 12.9. The maximum Gasteiger partial charge on any atom is 0.179 e. The Morgan fingerprint density at radius 3 is 2.11 bits per heavy atom. The van der Waals surface area contributed by atoms with Gasteiger partial charge in [0.05, 0.1) is 6.10 Å². The molecule has 0 amide bonds. The zero-order valence-electron chi connectivity index (χ0n) is 19.3. The molecule has 1 aliphatic carbocycles. The van der Waals surface area contributed by atoms with Crippen LogP contribution < -0.4 is 5.32 Å². The molecule has 0 radical (unpaired) electrons. The summed E-state index contributed by atoms with van der Waals surface area (Å²) in [7, 11) is 0. The highest BCUT2D eigenvalue weighted by atomic mass is 16.5. The molecule has 0 bridgehead atoms. The molecule has 0 spiro atoms. The third-order valence-electron chi connectivity index (χ3n) is 5.50. The van der Waals surface area contributed by atoms with Gasteiger partial charge in [0, 0.05) is 6.04 Å². The van der Waals surface area contributed by atoms with Crippen molar-refractivity contribution in [1.82, 2.24) is 5.32 Å². The molecule has 1 unspecified atom stereocenters. The van der Waals surface area contributed by atoms with Crippen LogP contribution in [0.15, 0.2) is 47.4 Å². The second kappa shape index (κ2) is 14.5. The van der Waals surface area contributed by atoms with Crippen LogP contribution in [0.4, 0.5) is 0 Å². The van der Waals surface area contributed by atoms with Crippen molar-refractivity contribution in [2.45, 2.75) is 117 Å². The lowest BCUT2D eigenvalue weighted by molar-refractivity contribution is 0.103. The molecule has 2 nitrogen and oxygen atoms in total. The van der Waals surface area contributed by atoms with Gasteiger partial charge in [0.25, 0.3) is 0 Å². The van der Waals surface area contributed by atoms with Gasteiger partial charge in [0.15, 0.2) is 5.88 Å². The van der Waals surface area contributed by atoms with E-state index in [0.29, 0.717) is 6.04 Å². The molecule has 0 aromatic heterocycles. The predicted molar refractivity (Wildman–Crippen MR) is 124 cm³/mol. The van der Waals surface area contributed by atoms with Gasteiger partial charge in [-0.15, -0.1) is 0 Å². The minimum absolute atomic E-state index is 0.213. The molecule has 28 heavy (non-hydrogen) atoms. The molecular weight excluding hydrogens is 342 g/mol. The number of allylic oxidation sites excluding steroid dienone is 6. The Bertz CT molecular complexity index is 531. The molecule has 0 saturated heterocycles. The highest BCUT2D eigenvalue weighted by Gasteiger charge is 2.14. The zero-order chi connectivity index (χ0) is 20.8. The van der Waals surface area contributed by atoms with Crippen molar-refractivity contribution in [3.05, 3.63) is 47.4 Å². The first-order valence-electron chi connectivity index (χ1n) is 11.4. The molecule has 0 aliphatic heterocycles. The zero-order valence-corrected chi connectivity index (χ0v) is 19.3. The van der Waals surface area contributed by atoms with Gasteiger partial charge in [-0.1, -0.05) is 54.2 Å². The molecule has 2 heteroatoms. The summed E-state index contributed by atoms with van der Waals surface area (Å²) >= 11 is 0. The van der Waals surface area contributed by atoms with E-state index in [2.05, 4.69) is 64.7 Å². The molecule has 0 aromatic carbocycles. The van der Waals surface area contributed by atoms with Crippen molar-refractivity contribution in [2.75, 3.05) is 0 Å². The molecule has 1 atom stereocenters. The minimum Gasteiger partial charge on any atom is -0.477 e. The second-order valence-corrected chi connectivity index (χ2v) is 8.87. The van der Waals surface area contributed by atoms with Crippen LogP contribution >= 0.6 is 0 Å². The average molecular weight is 388 g/mol. The summed E-state index contributed by atoms with van der Waals surface area (Å²) in [4.78, 5) is 0. The first-order valence-corrected chi connectivity index (χ1v) is 11.4. The van der Waals surface area contributed by atoms with Crippen LogP contribution in [-0.2, 0) is 4.74 Å². The SMILES string of the molecule is C=C(NC1CCCCC1)OC(C)CC/C=C(\C)CC/C=C(\C)CCC=C(C)C. The summed E-state index contributed by atoms with van der Waals surface area (Å²) in [5.41, 5.74) is 4.41. The Balaban J connectivity index is 2.16. The quantitative estimate of drug-likeness (QED) is 0.255. The van der Waals surface area contributed by atoms with Gasteiger partial charge in [-0.25, -0.2) is 0 Å². The Kier molecular flexibility index (Phi) is 12.8. The van der Waals surface area contributed by atoms with Gasteiger partial charge in [-0.2, -0.15) is 0 Å². The normalized spacial score (nSPS) is 17.2. The first-order chi connectivity index (χ1) is 13.4. The van der Waals surface area contributed by atoms with Gasteiger partial charge >= 0.3 is 0 Å².